The van der Waals surface area contributed by atoms with Gasteiger partial charge in [-0.15, -0.1) is 5.10 Å². The van der Waals surface area contributed by atoms with Gasteiger partial charge in [0, 0.05) is 24.1 Å². The van der Waals surface area contributed by atoms with Crippen molar-refractivity contribution in [1.29, 1.82) is 0 Å². The molecular formula is C21H28N4O3S. The Morgan fingerprint density at radius 1 is 1.31 bits per heavy atom. The lowest BCUT2D eigenvalue weighted by Crippen LogP contribution is -2.50. The molecule has 7 nitrogen and oxygen atoms in total. The zero-order chi connectivity index (χ0) is 21.0. The molecule has 1 aromatic heterocycles. The first kappa shape index (κ1) is 21.4. The lowest BCUT2D eigenvalue weighted by atomic mass is 9.99. The van der Waals surface area contributed by atoms with Crippen LogP contribution in [0.15, 0.2) is 29.6 Å². The molecule has 0 unspecified atom stereocenters. The van der Waals surface area contributed by atoms with E-state index in [1.54, 1.807) is 10.3 Å². The normalized spacial score (nSPS) is 17.7. The summed E-state index contributed by atoms with van der Waals surface area (Å²) in [5.41, 5.74) is 1.66. The van der Waals surface area contributed by atoms with Crippen LogP contribution in [0.5, 0.6) is 0 Å². The number of hydrogen-bond acceptors (Lipinski definition) is 6. The number of nitrogens with one attached hydrogen (secondary N) is 1. The number of benzene rings is 1. The second-order valence-electron chi connectivity index (χ2n) is 8.44. The fourth-order valence-electron chi connectivity index (χ4n) is 3.38. The minimum absolute atomic E-state index is 0.0964. The summed E-state index contributed by atoms with van der Waals surface area (Å²) in [6, 6.07) is 6.92. The molecule has 1 N–H and O–H groups in total. The van der Waals surface area contributed by atoms with Gasteiger partial charge >= 0.3 is 0 Å². The average Bonchev–Trinajstić information content (AvgIpc) is 3.34. The van der Waals surface area contributed by atoms with Crippen LogP contribution < -0.4 is 5.32 Å². The smallest absolute Gasteiger partial charge is 0.276 e. The molecule has 0 bridgehead atoms. The van der Waals surface area contributed by atoms with Gasteiger partial charge in [0.2, 0.25) is 5.91 Å². The maximum atomic E-state index is 13.4. The van der Waals surface area contributed by atoms with Crippen molar-refractivity contribution in [2.45, 2.75) is 58.2 Å². The molecule has 29 heavy (non-hydrogen) atoms. The van der Waals surface area contributed by atoms with E-state index >= 15 is 0 Å². The highest BCUT2D eigenvalue weighted by Gasteiger charge is 2.36. The third-order valence-electron chi connectivity index (χ3n) is 4.72. The van der Waals surface area contributed by atoms with Crippen molar-refractivity contribution >= 4 is 23.3 Å². The van der Waals surface area contributed by atoms with Crippen LogP contribution in [0.3, 0.4) is 0 Å². The highest BCUT2D eigenvalue weighted by molar-refractivity contribution is 7.03. The molecule has 3 rings (SSSR count). The molecule has 1 aliphatic heterocycles. The second kappa shape index (κ2) is 9.00. The van der Waals surface area contributed by atoms with Crippen molar-refractivity contribution in [2.75, 3.05) is 13.2 Å². The number of hydrogen-bond donors (Lipinski definition) is 1. The van der Waals surface area contributed by atoms with Crippen LogP contribution in [-0.2, 0) is 9.53 Å². The summed E-state index contributed by atoms with van der Waals surface area (Å²) < 4.78 is 9.60. The highest BCUT2D eigenvalue weighted by Crippen LogP contribution is 2.27. The Balaban J connectivity index is 2.00. The van der Waals surface area contributed by atoms with Gasteiger partial charge < -0.3 is 15.0 Å². The van der Waals surface area contributed by atoms with E-state index in [-0.39, 0.29) is 23.6 Å². The van der Waals surface area contributed by atoms with E-state index in [0.717, 1.165) is 35.5 Å². The van der Waals surface area contributed by atoms with Gasteiger partial charge in [0.1, 0.15) is 6.04 Å². The van der Waals surface area contributed by atoms with Crippen molar-refractivity contribution in [3.8, 4) is 0 Å². The third kappa shape index (κ3) is 5.61. The number of aryl methyl sites for hydroxylation is 1. The van der Waals surface area contributed by atoms with Gasteiger partial charge in [0.05, 0.1) is 6.10 Å². The Bertz CT molecular complexity index is 825. The highest BCUT2D eigenvalue weighted by atomic mass is 32.1. The Labute approximate surface area is 175 Å². The fourth-order valence-corrected chi connectivity index (χ4v) is 3.81. The number of amides is 2. The average molecular weight is 417 g/mol. The molecule has 0 radical (unpaired) electrons. The molecule has 8 heteroatoms. The lowest BCUT2D eigenvalue weighted by Gasteiger charge is -2.34. The van der Waals surface area contributed by atoms with Gasteiger partial charge in [-0.05, 0) is 57.6 Å². The zero-order valence-corrected chi connectivity index (χ0v) is 18.2. The summed E-state index contributed by atoms with van der Waals surface area (Å²) in [6.45, 7) is 8.76. The minimum Gasteiger partial charge on any atom is -0.376 e. The molecule has 2 heterocycles. The first-order valence-corrected chi connectivity index (χ1v) is 10.7. The lowest BCUT2D eigenvalue weighted by molar-refractivity contribution is -0.127. The first-order valence-electron chi connectivity index (χ1n) is 9.83. The second-order valence-corrected chi connectivity index (χ2v) is 9.04. The first-order chi connectivity index (χ1) is 13.7. The number of carbonyl (C=O) groups excluding carboxylic acids is 2. The van der Waals surface area contributed by atoms with Gasteiger partial charge in [-0.2, -0.15) is 0 Å². The van der Waals surface area contributed by atoms with Crippen LogP contribution in [0.4, 0.5) is 0 Å². The molecule has 1 aliphatic rings. The number of aromatic nitrogens is 2. The topological polar surface area (TPSA) is 84.4 Å². The Morgan fingerprint density at radius 2 is 2.03 bits per heavy atom. The van der Waals surface area contributed by atoms with Crippen LogP contribution in [0.2, 0.25) is 0 Å². The van der Waals surface area contributed by atoms with Crippen molar-refractivity contribution in [3.63, 3.8) is 0 Å². The van der Waals surface area contributed by atoms with Crippen molar-refractivity contribution < 1.29 is 14.3 Å². The Morgan fingerprint density at radius 3 is 2.59 bits per heavy atom. The van der Waals surface area contributed by atoms with Gasteiger partial charge in [-0.25, -0.2) is 0 Å². The molecule has 1 fully saturated rings. The van der Waals surface area contributed by atoms with E-state index in [4.69, 9.17) is 4.74 Å². The van der Waals surface area contributed by atoms with Crippen LogP contribution in [0.1, 0.15) is 61.3 Å². The summed E-state index contributed by atoms with van der Waals surface area (Å²) in [5, 5.41) is 8.58. The van der Waals surface area contributed by atoms with E-state index in [1.165, 1.54) is 0 Å². The van der Waals surface area contributed by atoms with Crippen LogP contribution in [0.25, 0.3) is 0 Å². The van der Waals surface area contributed by atoms with E-state index < -0.39 is 11.6 Å². The van der Waals surface area contributed by atoms with E-state index in [2.05, 4.69) is 14.9 Å². The monoisotopic (exact) mass is 416 g/mol. The summed E-state index contributed by atoms with van der Waals surface area (Å²) in [5.74, 6) is -0.542. The van der Waals surface area contributed by atoms with E-state index in [0.29, 0.717) is 13.2 Å². The predicted molar refractivity (Wildman–Crippen MR) is 112 cm³/mol. The number of carbonyl (C=O) groups is 2. The maximum absolute atomic E-state index is 13.4. The summed E-state index contributed by atoms with van der Waals surface area (Å²) >= 11 is 1.12. The molecule has 0 aliphatic carbocycles. The standard InChI is InChI=1S/C21H28N4O3S/c1-14-7-9-15(10-8-14)18(19(26)22-21(2,3)4)25(12-16-6-5-11-28-16)20(27)17-13-29-24-23-17/h7-10,13,16,18H,5-6,11-12H2,1-4H3,(H,22,26)/t16-,18-/m0/s1. The largest absolute Gasteiger partial charge is 0.376 e. The minimum atomic E-state index is -0.784. The predicted octanol–water partition coefficient (Wildman–Crippen LogP) is 3.12. The Kier molecular flexibility index (Phi) is 6.64. The summed E-state index contributed by atoms with van der Waals surface area (Å²) in [6.07, 6.45) is 1.72. The molecule has 2 atom stereocenters. The number of nitrogens with zero attached hydrogens (tertiary/aromatic N) is 3. The zero-order valence-electron chi connectivity index (χ0n) is 17.3. The van der Waals surface area contributed by atoms with Crippen LogP contribution in [0, 0.1) is 6.92 Å². The molecule has 156 valence electrons. The molecule has 0 spiro atoms. The quantitative estimate of drug-likeness (QED) is 0.782. The van der Waals surface area contributed by atoms with Crippen LogP contribution in [-0.4, -0.2) is 51.1 Å². The number of ether oxygens (including phenoxy) is 1. The van der Waals surface area contributed by atoms with Gasteiger partial charge in [-0.1, -0.05) is 34.3 Å². The van der Waals surface area contributed by atoms with Gasteiger partial charge in [0.15, 0.2) is 5.69 Å². The molecule has 1 aromatic carbocycles. The number of rotatable bonds is 6. The van der Waals surface area contributed by atoms with E-state index in [9.17, 15) is 9.59 Å². The van der Waals surface area contributed by atoms with Crippen molar-refractivity contribution in [1.82, 2.24) is 19.8 Å². The SMILES string of the molecule is Cc1ccc([C@@H](C(=O)NC(C)(C)C)N(C[C@@H]2CCCO2)C(=O)c2csnn2)cc1. The summed E-state index contributed by atoms with van der Waals surface area (Å²) in [4.78, 5) is 28.3. The van der Waals surface area contributed by atoms with Crippen molar-refractivity contribution in [2.24, 2.45) is 0 Å². The maximum Gasteiger partial charge on any atom is 0.276 e. The molecule has 0 saturated carbocycles. The molecule has 2 aromatic rings. The van der Waals surface area contributed by atoms with E-state index in [1.807, 2.05) is 52.0 Å². The third-order valence-corrected chi connectivity index (χ3v) is 5.22. The fraction of sp³-hybridized carbons (Fsp3) is 0.524. The molecule has 1 saturated heterocycles. The van der Waals surface area contributed by atoms with Crippen molar-refractivity contribution in [3.05, 3.63) is 46.5 Å². The Hall–Kier alpha value is -2.32. The summed E-state index contributed by atoms with van der Waals surface area (Å²) in [7, 11) is 0. The molecule has 2 amide bonds. The van der Waals surface area contributed by atoms with Gasteiger partial charge in [-0.3, -0.25) is 9.59 Å². The molecular weight excluding hydrogens is 388 g/mol. The van der Waals surface area contributed by atoms with Crippen LogP contribution >= 0.6 is 11.5 Å². The van der Waals surface area contributed by atoms with Gasteiger partial charge in [0.25, 0.3) is 5.91 Å².